The standard InChI is InChI=1S/C21H23ClN2O2/c1-23-20(25)15-26-19-14-24(13-16-7-5-6-10-18(16)22)12-11-21(19,23)17-8-3-2-4-9-17/h2-10,19H,11-15H2,1H3/t19-,21+/m1/s1. The summed E-state index contributed by atoms with van der Waals surface area (Å²) in [4.78, 5) is 16.7. The van der Waals surface area contributed by atoms with E-state index in [9.17, 15) is 4.79 Å². The van der Waals surface area contributed by atoms with Gasteiger partial charge in [-0.25, -0.2) is 0 Å². The number of halogens is 1. The molecule has 0 bridgehead atoms. The Morgan fingerprint density at radius 1 is 1.15 bits per heavy atom. The van der Waals surface area contributed by atoms with Crippen molar-refractivity contribution < 1.29 is 9.53 Å². The van der Waals surface area contributed by atoms with Crippen LogP contribution in [0.2, 0.25) is 5.02 Å². The smallest absolute Gasteiger partial charge is 0.249 e. The zero-order chi connectivity index (χ0) is 18.1. The Kier molecular flexibility index (Phi) is 4.74. The Morgan fingerprint density at radius 3 is 2.65 bits per heavy atom. The lowest BCUT2D eigenvalue weighted by atomic mass is 9.76. The first kappa shape index (κ1) is 17.5. The van der Waals surface area contributed by atoms with E-state index in [1.165, 1.54) is 0 Å². The zero-order valence-corrected chi connectivity index (χ0v) is 15.7. The second kappa shape index (κ2) is 7.03. The van der Waals surface area contributed by atoms with Crippen LogP contribution < -0.4 is 0 Å². The average Bonchev–Trinajstić information content (AvgIpc) is 2.67. The Balaban J connectivity index is 1.62. The van der Waals surface area contributed by atoms with Gasteiger partial charge in [-0.3, -0.25) is 9.69 Å². The van der Waals surface area contributed by atoms with Crippen LogP contribution in [-0.2, 0) is 21.6 Å². The summed E-state index contributed by atoms with van der Waals surface area (Å²) in [6, 6.07) is 18.2. The molecule has 1 amide bonds. The number of likely N-dealkylation sites (tertiary alicyclic amines) is 1. The quantitative estimate of drug-likeness (QED) is 0.831. The Morgan fingerprint density at radius 2 is 1.88 bits per heavy atom. The van der Waals surface area contributed by atoms with Crippen LogP contribution in [0.25, 0.3) is 0 Å². The molecule has 0 radical (unpaired) electrons. The zero-order valence-electron chi connectivity index (χ0n) is 14.9. The number of morpholine rings is 1. The summed E-state index contributed by atoms with van der Waals surface area (Å²) in [6.45, 7) is 2.60. The van der Waals surface area contributed by atoms with Crippen molar-refractivity contribution in [3.8, 4) is 0 Å². The molecule has 136 valence electrons. The van der Waals surface area contributed by atoms with E-state index in [2.05, 4.69) is 23.1 Å². The third kappa shape index (κ3) is 2.92. The number of fused-ring (bicyclic) bond motifs is 1. The van der Waals surface area contributed by atoms with Gasteiger partial charge in [-0.2, -0.15) is 0 Å². The first-order chi connectivity index (χ1) is 12.6. The molecule has 4 rings (SSSR count). The molecule has 0 aliphatic carbocycles. The van der Waals surface area contributed by atoms with Crippen LogP contribution in [0.15, 0.2) is 54.6 Å². The summed E-state index contributed by atoms with van der Waals surface area (Å²) < 4.78 is 6.05. The molecule has 2 saturated heterocycles. The van der Waals surface area contributed by atoms with Crippen LogP contribution in [0, 0.1) is 0 Å². The number of hydrogen-bond acceptors (Lipinski definition) is 3. The molecular weight excluding hydrogens is 348 g/mol. The van der Waals surface area contributed by atoms with Crippen LogP contribution in [0.5, 0.6) is 0 Å². The lowest BCUT2D eigenvalue weighted by Crippen LogP contribution is -2.66. The maximum absolute atomic E-state index is 12.4. The molecule has 0 spiro atoms. The number of nitrogens with zero attached hydrogens (tertiary/aromatic N) is 2. The van der Waals surface area contributed by atoms with Crippen LogP contribution >= 0.6 is 11.6 Å². The van der Waals surface area contributed by atoms with Gasteiger partial charge in [-0.05, 0) is 23.6 Å². The second-order valence-corrected chi connectivity index (χ2v) is 7.53. The van der Waals surface area contributed by atoms with Crippen molar-refractivity contribution in [2.45, 2.75) is 24.6 Å². The minimum absolute atomic E-state index is 0.0460. The van der Waals surface area contributed by atoms with Crippen LogP contribution in [0.4, 0.5) is 0 Å². The van der Waals surface area contributed by atoms with Gasteiger partial charge >= 0.3 is 0 Å². The topological polar surface area (TPSA) is 32.8 Å². The van der Waals surface area contributed by atoms with Crippen molar-refractivity contribution in [3.63, 3.8) is 0 Å². The SMILES string of the molecule is CN1C(=O)CO[C@@H]2CN(Cc3ccccc3Cl)CC[C@]21c1ccccc1. The number of likely N-dealkylation sites (N-methyl/N-ethyl adjacent to an activating group) is 1. The molecule has 0 saturated carbocycles. The summed E-state index contributed by atoms with van der Waals surface area (Å²) in [7, 11) is 1.91. The number of amides is 1. The molecule has 4 nitrogen and oxygen atoms in total. The Labute approximate surface area is 159 Å². The Bertz CT molecular complexity index is 798. The highest BCUT2D eigenvalue weighted by molar-refractivity contribution is 6.31. The first-order valence-corrected chi connectivity index (χ1v) is 9.38. The van der Waals surface area contributed by atoms with Crippen molar-refractivity contribution in [2.24, 2.45) is 0 Å². The molecule has 2 fully saturated rings. The summed E-state index contributed by atoms with van der Waals surface area (Å²) in [5, 5.41) is 0.796. The van der Waals surface area contributed by atoms with E-state index in [-0.39, 0.29) is 18.6 Å². The number of carbonyl (C=O) groups is 1. The van der Waals surface area contributed by atoms with Gasteiger partial charge in [0, 0.05) is 31.7 Å². The van der Waals surface area contributed by atoms with E-state index in [0.717, 1.165) is 42.2 Å². The molecular formula is C21H23ClN2O2. The molecule has 5 heteroatoms. The van der Waals surface area contributed by atoms with E-state index in [1.807, 2.05) is 48.3 Å². The second-order valence-electron chi connectivity index (χ2n) is 7.12. The van der Waals surface area contributed by atoms with Crippen molar-refractivity contribution >= 4 is 17.5 Å². The molecule has 0 unspecified atom stereocenters. The molecule has 2 atom stereocenters. The highest BCUT2D eigenvalue weighted by Gasteiger charge is 2.52. The van der Waals surface area contributed by atoms with Gasteiger partial charge in [-0.15, -0.1) is 0 Å². The van der Waals surface area contributed by atoms with Gasteiger partial charge < -0.3 is 9.64 Å². The van der Waals surface area contributed by atoms with Crippen LogP contribution in [-0.4, -0.2) is 48.6 Å². The summed E-state index contributed by atoms with van der Waals surface area (Å²) in [5.74, 6) is 0.0460. The molecule has 2 aromatic carbocycles. The van der Waals surface area contributed by atoms with Gasteiger partial charge in [0.2, 0.25) is 5.91 Å². The monoisotopic (exact) mass is 370 g/mol. The van der Waals surface area contributed by atoms with Crippen molar-refractivity contribution in [1.82, 2.24) is 9.80 Å². The molecule has 0 N–H and O–H groups in total. The van der Waals surface area contributed by atoms with Crippen LogP contribution in [0.1, 0.15) is 17.5 Å². The van der Waals surface area contributed by atoms with Crippen LogP contribution in [0.3, 0.4) is 0 Å². The summed E-state index contributed by atoms with van der Waals surface area (Å²) in [6.07, 6.45) is 0.790. The number of hydrogen-bond donors (Lipinski definition) is 0. The van der Waals surface area contributed by atoms with Gasteiger partial charge in [-0.1, -0.05) is 60.1 Å². The number of carbonyl (C=O) groups excluding carboxylic acids is 1. The van der Waals surface area contributed by atoms with E-state index in [0.29, 0.717) is 0 Å². The van der Waals surface area contributed by atoms with Gasteiger partial charge in [0.05, 0.1) is 11.6 Å². The first-order valence-electron chi connectivity index (χ1n) is 9.01. The highest BCUT2D eigenvalue weighted by atomic mass is 35.5. The van der Waals surface area contributed by atoms with Crippen molar-refractivity contribution in [2.75, 3.05) is 26.7 Å². The lowest BCUT2D eigenvalue weighted by Gasteiger charge is -2.55. The number of rotatable bonds is 3. The van der Waals surface area contributed by atoms with Gasteiger partial charge in [0.1, 0.15) is 6.61 Å². The van der Waals surface area contributed by atoms with E-state index < -0.39 is 5.54 Å². The Hall–Kier alpha value is -1.88. The van der Waals surface area contributed by atoms with E-state index in [4.69, 9.17) is 16.3 Å². The average molecular weight is 371 g/mol. The number of piperidine rings is 1. The fourth-order valence-electron chi connectivity index (χ4n) is 4.29. The lowest BCUT2D eigenvalue weighted by molar-refractivity contribution is -0.183. The highest BCUT2D eigenvalue weighted by Crippen LogP contribution is 2.42. The van der Waals surface area contributed by atoms with Crippen molar-refractivity contribution in [3.05, 3.63) is 70.7 Å². The molecule has 2 heterocycles. The van der Waals surface area contributed by atoms with E-state index in [1.54, 1.807) is 0 Å². The van der Waals surface area contributed by atoms with Gasteiger partial charge in [0.25, 0.3) is 0 Å². The normalized spacial score (nSPS) is 26.6. The molecule has 26 heavy (non-hydrogen) atoms. The number of benzene rings is 2. The minimum atomic E-state index is -0.395. The fraction of sp³-hybridized carbons (Fsp3) is 0.381. The van der Waals surface area contributed by atoms with E-state index >= 15 is 0 Å². The molecule has 0 aromatic heterocycles. The summed E-state index contributed by atoms with van der Waals surface area (Å²) in [5.41, 5.74) is 1.88. The maximum atomic E-state index is 12.4. The molecule has 2 aromatic rings. The summed E-state index contributed by atoms with van der Waals surface area (Å²) >= 11 is 6.34. The molecule has 2 aliphatic rings. The van der Waals surface area contributed by atoms with Crippen molar-refractivity contribution in [1.29, 1.82) is 0 Å². The maximum Gasteiger partial charge on any atom is 0.249 e. The third-order valence-corrected chi connectivity index (χ3v) is 6.14. The predicted octanol–water partition coefficient (Wildman–Crippen LogP) is 3.30. The predicted molar refractivity (Wildman–Crippen MR) is 102 cm³/mol. The van der Waals surface area contributed by atoms with Gasteiger partial charge in [0.15, 0.2) is 0 Å². The third-order valence-electron chi connectivity index (χ3n) is 5.77. The largest absolute Gasteiger partial charge is 0.364 e. The molecule has 2 aliphatic heterocycles. The number of ether oxygens (including phenoxy) is 1. The fourth-order valence-corrected chi connectivity index (χ4v) is 4.49. The minimum Gasteiger partial charge on any atom is -0.364 e.